The molecule has 3 heteroatoms. The van der Waals surface area contributed by atoms with Crippen molar-refractivity contribution in [3.05, 3.63) is 115 Å². The maximum Gasteiger partial charge on any atom is 0.137 e. The Labute approximate surface area is 191 Å². The van der Waals surface area contributed by atoms with Crippen LogP contribution in [0.1, 0.15) is 5.69 Å². The first-order valence-electron chi connectivity index (χ1n) is 11.3. The van der Waals surface area contributed by atoms with Crippen LogP contribution in [0.3, 0.4) is 0 Å². The first-order valence-corrected chi connectivity index (χ1v) is 11.3. The van der Waals surface area contributed by atoms with Crippen molar-refractivity contribution in [2.24, 2.45) is 0 Å². The van der Waals surface area contributed by atoms with Gasteiger partial charge in [0, 0.05) is 32.9 Å². The minimum atomic E-state index is 0.949. The van der Waals surface area contributed by atoms with Gasteiger partial charge in [-0.15, -0.1) is 0 Å². The summed E-state index contributed by atoms with van der Waals surface area (Å²) in [5.41, 5.74) is 6.97. The zero-order valence-corrected chi connectivity index (χ0v) is 18.2. The molecule has 0 unspecified atom stereocenters. The lowest BCUT2D eigenvalue weighted by atomic mass is 10.1. The Bertz CT molecular complexity index is 1820. The van der Waals surface area contributed by atoms with Crippen molar-refractivity contribution in [2.75, 3.05) is 0 Å². The van der Waals surface area contributed by atoms with Crippen LogP contribution in [0, 0.1) is 6.92 Å². The Morgan fingerprint density at radius 2 is 1.21 bits per heavy atom. The smallest absolute Gasteiger partial charge is 0.137 e. The van der Waals surface area contributed by atoms with Crippen molar-refractivity contribution in [3.8, 4) is 11.5 Å². The van der Waals surface area contributed by atoms with Crippen molar-refractivity contribution in [1.29, 1.82) is 0 Å². The van der Waals surface area contributed by atoms with E-state index in [1.165, 1.54) is 49.3 Å². The number of aromatic nitrogens is 3. The van der Waals surface area contributed by atoms with E-state index in [1.54, 1.807) is 0 Å². The molecular weight excluding hydrogens is 402 g/mol. The van der Waals surface area contributed by atoms with Crippen LogP contribution >= 0.6 is 0 Å². The Hall–Kier alpha value is -4.37. The normalized spacial score (nSPS) is 11.8. The number of nitrogens with zero attached hydrogens (tertiary/aromatic N) is 3. The van der Waals surface area contributed by atoms with Gasteiger partial charge in [-0.1, -0.05) is 66.7 Å². The van der Waals surface area contributed by atoms with Gasteiger partial charge in [0.1, 0.15) is 5.82 Å². The Morgan fingerprint density at radius 3 is 2.00 bits per heavy atom. The summed E-state index contributed by atoms with van der Waals surface area (Å²) < 4.78 is 4.71. The second kappa shape index (κ2) is 6.81. The van der Waals surface area contributed by atoms with E-state index in [0.29, 0.717) is 0 Å². The standard InChI is InChI=1S/C30H21N3/c1-20-10-9-17-28(31-20)33-25-15-7-5-13-22(25)23-18-19-27-29(30(23)33)24-14-6-8-16-26(24)32(27)21-11-3-2-4-12-21/h2-19H,1H3. The lowest BCUT2D eigenvalue weighted by molar-refractivity contribution is 1.05. The van der Waals surface area contributed by atoms with Crippen LogP contribution in [-0.4, -0.2) is 14.1 Å². The highest BCUT2D eigenvalue weighted by Crippen LogP contribution is 2.41. The van der Waals surface area contributed by atoms with E-state index in [4.69, 9.17) is 4.98 Å². The second-order valence-electron chi connectivity index (χ2n) is 8.53. The fourth-order valence-electron chi connectivity index (χ4n) is 5.26. The maximum atomic E-state index is 4.92. The van der Waals surface area contributed by atoms with Gasteiger partial charge in [-0.25, -0.2) is 4.98 Å². The predicted octanol–water partition coefficient (Wildman–Crippen LogP) is 7.58. The number of pyridine rings is 1. The Morgan fingerprint density at radius 1 is 0.515 bits per heavy atom. The van der Waals surface area contributed by atoms with E-state index in [2.05, 4.69) is 112 Å². The van der Waals surface area contributed by atoms with E-state index in [-0.39, 0.29) is 0 Å². The molecule has 0 atom stereocenters. The summed E-state index contributed by atoms with van der Waals surface area (Å²) >= 11 is 0. The highest BCUT2D eigenvalue weighted by atomic mass is 15.1. The van der Waals surface area contributed by atoms with Gasteiger partial charge in [-0.2, -0.15) is 0 Å². The molecule has 0 aliphatic heterocycles. The van der Waals surface area contributed by atoms with Crippen LogP contribution in [-0.2, 0) is 0 Å². The molecule has 7 rings (SSSR count). The minimum absolute atomic E-state index is 0.949. The molecule has 0 fully saturated rings. The molecule has 0 saturated carbocycles. The molecular formula is C30H21N3. The zero-order chi connectivity index (χ0) is 21.9. The van der Waals surface area contributed by atoms with Crippen LogP contribution in [0.25, 0.3) is 55.1 Å². The summed E-state index contributed by atoms with van der Waals surface area (Å²) in [5, 5.41) is 5.00. The number of fused-ring (bicyclic) bond motifs is 7. The zero-order valence-electron chi connectivity index (χ0n) is 18.2. The molecule has 0 saturated heterocycles. The summed E-state index contributed by atoms with van der Waals surface area (Å²) in [6.45, 7) is 2.05. The largest absolute Gasteiger partial charge is 0.309 e. The summed E-state index contributed by atoms with van der Waals surface area (Å²) in [7, 11) is 0. The van der Waals surface area contributed by atoms with Crippen molar-refractivity contribution in [3.63, 3.8) is 0 Å². The molecule has 156 valence electrons. The van der Waals surface area contributed by atoms with Crippen LogP contribution in [0.5, 0.6) is 0 Å². The number of para-hydroxylation sites is 3. The van der Waals surface area contributed by atoms with E-state index < -0.39 is 0 Å². The number of benzene rings is 4. The van der Waals surface area contributed by atoms with Gasteiger partial charge in [0.05, 0.1) is 22.1 Å². The van der Waals surface area contributed by atoms with Gasteiger partial charge in [0.15, 0.2) is 0 Å². The van der Waals surface area contributed by atoms with Crippen molar-refractivity contribution >= 4 is 43.6 Å². The highest BCUT2D eigenvalue weighted by Gasteiger charge is 2.20. The molecule has 7 aromatic rings. The average molecular weight is 424 g/mol. The fourth-order valence-corrected chi connectivity index (χ4v) is 5.26. The summed E-state index contributed by atoms with van der Waals surface area (Å²) in [4.78, 5) is 4.92. The Balaban J connectivity index is 1.76. The van der Waals surface area contributed by atoms with E-state index in [1.807, 2.05) is 13.0 Å². The number of hydrogen-bond acceptors (Lipinski definition) is 1. The molecule has 33 heavy (non-hydrogen) atoms. The average Bonchev–Trinajstić information content (AvgIpc) is 3.37. The molecule has 0 bridgehead atoms. The molecule has 0 radical (unpaired) electrons. The van der Waals surface area contributed by atoms with E-state index in [9.17, 15) is 0 Å². The third kappa shape index (κ3) is 2.53. The molecule has 0 aliphatic carbocycles. The van der Waals surface area contributed by atoms with Gasteiger partial charge in [0.2, 0.25) is 0 Å². The maximum absolute atomic E-state index is 4.92. The van der Waals surface area contributed by atoms with Crippen LogP contribution in [0.15, 0.2) is 109 Å². The third-order valence-electron chi connectivity index (χ3n) is 6.59. The predicted molar refractivity (Wildman–Crippen MR) is 138 cm³/mol. The van der Waals surface area contributed by atoms with Crippen molar-refractivity contribution < 1.29 is 0 Å². The monoisotopic (exact) mass is 423 g/mol. The highest BCUT2D eigenvalue weighted by molar-refractivity contribution is 6.26. The fraction of sp³-hybridized carbons (Fsp3) is 0.0333. The molecule has 3 heterocycles. The Kier molecular flexibility index (Phi) is 3.76. The SMILES string of the molecule is Cc1cccc(-n2c3ccccc3c3ccc4c(c5ccccc5n4-c4ccccc4)c32)n1. The molecule has 0 aliphatic rings. The quantitative estimate of drug-likeness (QED) is 0.281. The topological polar surface area (TPSA) is 22.8 Å². The molecule has 0 N–H and O–H groups in total. The second-order valence-corrected chi connectivity index (χ2v) is 8.53. The number of rotatable bonds is 2. The van der Waals surface area contributed by atoms with Gasteiger partial charge in [-0.3, -0.25) is 4.57 Å². The number of aryl methyl sites for hydroxylation is 1. The molecule has 3 aromatic heterocycles. The molecule has 0 amide bonds. The van der Waals surface area contributed by atoms with Crippen LogP contribution < -0.4 is 0 Å². The van der Waals surface area contributed by atoms with E-state index in [0.717, 1.165) is 11.5 Å². The molecule has 0 spiro atoms. The molecule has 3 nitrogen and oxygen atoms in total. The summed E-state index contributed by atoms with van der Waals surface area (Å²) in [6, 6.07) is 38.7. The van der Waals surface area contributed by atoms with Gasteiger partial charge in [0.25, 0.3) is 0 Å². The van der Waals surface area contributed by atoms with E-state index >= 15 is 0 Å². The third-order valence-corrected chi connectivity index (χ3v) is 6.59. The van der Waals surface area contributed by atoms with Crippen molar-refractivity contribution in [2.45, 2.75) is 6.92 Å². The molecule has 4 aromatic carbocycles. The van der Waals surface area contributed by atoms with Crippen molar-refractivity contribution in [1.82, 2.24) is 14.1 Å². The van der Waals surface area contributed by atoms with Crippen LogP contribution in [0.4, 0.5) is 0 Å². The first-order chi connectivity index (χ1) is 16.3. The lowest BCUT2D eigenvalue weighted by Crippen LogP contribution is -1.98. The summed E-state index contributed by atoms with van der Waals surface area (Å²) in [5.74, 6) is 0.949. The lowest BCUT2D eigenvalue weighted by Gasteiger charge is -2.09. The minimum Gasteiger partial charge on any atom is -0.309 e. The van der Waals surface area contributed by atoms with Crippen LogP contribution in [0.2, 0.25) is 0 Å². The first kappa shape index (κ1) is 18.2. The number of hydrogen-bond donors (Lipinski definition) is 0. The summed E-state index contributed by atoms with van der Waals surface area (Å²) in [6.07, 6.45) is 0. The van der Waals surface area contributed by atoms with Gasteiger partial charge < -0.3 is 4.57 Å². The van der Waals surface area contributed by atoms with Gasteiger partial charge in [-0.05, 0) is 49.4 Å². The van der Waals surface area contributed by atoms with Gasteiger partial charge >= 0.3 is 0 Å².